The maximum absolute atomic E-state index is 13.4. The van der Waals surface area contributed by atoms with Gasteiger partial charge in [0.15, 0.2) is 0 Å². The zero-order chi connectivity index (χ0) is 19.7. The maximum Gasteiger partial charge on any atom is 0.271 e. The van der Waals surface area contributed by atoms with E-state index in [9.17, 15) is 9.59 Å². The molecule has 1 aromatic carbocycles. The van der Waals surface area contributed by atoms with Gasteiger partial charge in [-0.05, 0) is 43.9 Å². The Morgan fingerprint density at radius 3 is 2.46 bits per heavy atom. The average molecular weight is 380 g/mol. The first-order chi connectivity index (χ1) is 13.5. The van der Waals surface area contributed by atoms with E-state index in [4.69, 9.17) is 0 Å². The molecule has 2 aliphatic rings. The number of rotatable bonds is 5. The lowest BCUT2D eigenvalue weighted by Crippen LogP contribution is -2.64. The van der Waals surface area contributed by atoms with E-state index in [1.807, 2.05) is 60.9 Å². The number of fused-ring (bicyclic) bond motifs is 1. The fourth-order valence-corrected chi connectivity index (χ4v) is 4.62. The second-order valence-corrected chi connectivity index (χ2v) is 8.24. The van der Waals surface area contributed by atoms with Crippen LogP contribution >= 0.6 is 0 Å². The molecule has 1 fully saturated rings. The molecule has 1 saturated carbocycles. The fourth-order valence-electron chi connectivity index (χ4n) is 4.62. The lowest BCUT2D eigenvalue weighted by atomic mass is 9.93. The summed E-state index contributed by atoms with van der Waals surface area (Å²) in [7, 11) is 0. The highest BCUT2D eigenvalue weighted by Crippen LogP contribution is 2.33. The van der Waals surface area contributed by atoms with Gasteiger partial charge in [0.2, 0.25) is 5.91 Å². The molecule has 4 rings (SSSR count). The highest BCUT2D eigenvalue weighted by atomic mass is 16.2. The Balaban J connectivity index is 1.72. The molecule has 2 heterocycles. The topological polar surface area (TPSA) is 54.3 Å². The van der Waals surface area contributed by atoms with Crippen molar-refractivity contribution in [2.24, 2.45) is 0 Å². The van der Waals surface area contributed by atoms with Crippen molar-refractivity contribution < 1.29 is 9.59 Å². The Morgan fingerprint density at radius 2 is 1.79 bits per heavy atom. The van der Waals surface area contributed by atoms with Gasteiger partial charge in [-0.1, -0.05) is 50.1 Å². The Labute approximate surface area is 166 Å². The molecule has 28 heavy (non-hydrogen) atoms. The predicted octanol–water partition coefficient (Wildman–Crippen LogP) is 3.84. The summed E-state index contributed by atoms with van der Waals surface area (Å²) >= 11 is 0. The second-order valence-electron chi connectivity index (χ2n) is 8.24. The third kappa shape index (κ3) is 3.13. The molecule has 0 bridgehead atoms. The summed E-state index contributed by atoms with van der Waals surface area (Å²) in [5.41, 5.74) is 1.83. The number of benzene rings is 1. The minimum absolute atomic E-state index is 0.0282. The zero-order valence-electron chi connectivity index (χ0n) is 16.8. The molecule has 1 N–H and O–H groups in total. The number of nitrogens with zero attached hydrogens (tertiary/aromatic N) is 2. The lowest BCUT2D eigenvalue weighted by molar-refractivity contribution is -0.133. The molecular formula is C23H29N3O2. The number of carbonyl (C=O) groups excluding carboxylic acids is 2. The van der Waals surface area contributed by atoms with Crippen molar-refractivity contribution in [1.29, 1.82) is 0 Å². The van der Waals surface area contributed by atoms with Crippen molar-refractivity contribution in [1.82, 2.24) is 14.8 Å². The number of nitrogens with one attached hydrogen (secondary N) is 1. The summed E-state index contributed by atoms with van der Waals surface area (Å²) in [6.45, 7) is 5.03. The highest BCUT2D eigenvalue weighted by molar-refractivity contribution is 6.00. The van der Waals surface area contributed by atoms with Crippen molar-refractivity contribution in [3.8, 4) is 11.3 Å². The first kappa shape index (κ1) is 18.8. The fraction of sp³-hybridized carbons (Fsp3) is 0.478. The first-order valence-electron chi connectivity index (χ1n) is 10.4. The molecule has 148 valence electrons. The molecule has 0 spiro atoms. The summed E-state index contributed by atoms with van der Waals surface area (Å²) in [5.74, 6) is -0.0843. The van der Waals surface area contributed by atoms with Crippen molar-refractivity contribution >= 4 is 11.8 Å². The lowest BCUT2D eigenvalue weighted by Gasteiger charge is -2.44. The van der Waals surface area contributed by atoms with Crippen LogP contribution in [-0.2, 0) is 11.3 Å². The molecule has 1 aliphatic carbocycles. The third-order valence-electron chi connectivity index (χ3n) is 6.20. The Morgan fingerprint density at radius 1 is 1.11 bits per heavy atom. The summed E-state index contributed by atoms with van der Waals surface area (Å²) in [5, 5.41) is 3.23. The summed E-state index contributed by atoms with van der Waals surface area (Å²) in [6, 6.07) is 14.2. The van der Waals surface area contributed by atoms with Crippen LogP contribution in [0.2, 0.25) is 0 Å². The quantitative estimate of drug-likeness (QED) is 0.858. The average Bonchev–Trinajstić information content (AvgIpc) is 3.35. The van der Waals surface area contributed by atoms with E-state index in [-0.39, 0.29) is 17.9 Å². The van der Waals surface area contributed by atoms with Gasteiger partial charge in [-0.3, -0.25) is 9.59 Å². The van der Waals surface area contributed by atoms with Gasteiger partial charge in [0, 0.05) is 18.3 Å². The molecule has 2 aromatic rings. The van der Waals surface area contributed by atoms with E-state index in [1.165, 1.54) is 12.8 Å². The van der Waals surface area contributed by atoms with Crippen LogP contribution in [0.15, 0.2) is 42.5 Å². The van der Waals surface area contributed by atoms with Gasteiger partial charge < -0.3 is 14.8 Å². The SMILES string of the molecule is CCCN1C(=O)c2ccc(-c3ccccc3)n2CC1(C)C(=O)NC1CCCC1. The van der Waals surface area contributed by atoms with E-state index in [2.05, 4.69) is 5.32 Å². The largest absolute Gasteiger partial charge is 0.351 e. The smallest absolute Gasteiger partial charge is 0.271 e. The molecule has 0 saturated heterocycles. The Kier molecular flexibility index (Phi) is 5.00. The van der Waals surface area contributed by atoms with Gasteiger partial charge >= 0.3 is 0 Å². The molecule has 1 atom stereocenters. The van der Waals surface area contributed by atoms with Crippen LogP contribution in [-0.4, -0.2) is 39.4 Å². The minimum atomic E-state index is -0.884. The number of hydrogen-bond acceptors (Lipinski definition) is 2. The number of amides is 2. The van der Waals surface area contributed by atoms with E-state index in [0.29, 0.717) is 18.8 Å². The summed E-state index contributed by atoms with van der Waals surface area (Å²) in [6.07, 6.45) is 5.23. The molecule has 0 radical (unpaired) electrons. The first-order valence-corrected chi connectivity index (χ1v) is 10.4. The molecule has 5 nitrogen and oxygen atoms in total. The van der Waals surface area contributed by atoms with Crippen LogP contribution in [0.5, 0.6) is 0 Å². The van der Waals surface area contributed by atoms with E-state index >= 15 is 0 Å². The van der Waals surface area contributed by atoms with Gasteiger partial charge in [0.1, 0.15) is 11.2 Å². The molecule has 1 aromatic heterocycles. The van der Waals surface area contributed by atoms with Gasteiger partial charge in [0.05, 0.1) is 6.54 Å². The number of hydrogen-bond donors (Lipinski definition) is 1. The number of carbonyl (C=O) groups is 2. The normalized spacial score (nSPS) is 22.4. The monoisotopic (exact) mass is 379 g/mol. The maximum atomic E-state index is 13.4. The molecule has 2 amide bonds. The second kappa shape index (κ2) is 7.46. The standard InChI is InChI=1S/C23H29N3O2/c1-3-15-26-21(27)20-14-13-19(17-9-5-4-6-10-17)25(20)16-23(26,2)22(28)24-18-11-7-8-12-18/h4-6,9-10,13-14,18H,3,7-8,11-12,15-16H2,1-2H3,(H,24,28). The van der Waals surface area contributed by atoms with Gasteiger partial charge in [-0.15, -0.1) is 0 Å². The van der Waals surface area contributed by atoms with Crippen molar-refractivity contribution in [2.45, 2.75) is 64.1 Å². The van der Waals surface area contributed by atoms with Crippen molar-refractivity contribution in [3.63, 3.8) is 0 Å². The molecule has 1 unspecified atom stereocenters. The number of aromatic nitrogens is 1. The van der Waals surface area contributed by atoms with Crippen molar-refractivity contribution in [2.75, 3.05) is 6.54 Å². The summed E-state index contributed by atoms with van der Waals surface area (Å²) < 4.78 is 2.03. The van der Waals surface area contributed by atoms with E-state index < -0.39 is 5.54 Å². The van der Waals surface area contributed by atoms with Crippen LogP contribution in [0, 0.1) is 0 Å². The van der Waals surface area contributed by atoms with E-state index in [1.54, 1.807) is 4.90 Å². The minimum Gasteiger partial charge on any atom is -0.351 e. The molecule has 1 aliphatic heterocycles. The van der Waals surface area contributed by atoms with Crippen molar-refractivity contribution in [3.05, 3.63) is 48.2 Å². The van der Waals surface area contributed by atoms with Gasteiger partial charge in [-0.2, -0.15) is 0 Å². The molecule has 5 heteroatoms. The van der Waals surface area contributed by atoms with Gasteiger partial charge in [-0.25, -0.2) is 0 Å². The Bertz CT molecular complexity index is 867. The van der Waals surface area contributed by atoms with Crippen LogP contribution in [0.25, 0.3) is 11.3 Å². The van der Waals surface area contributed by atoms with Crippen LogP contribution in [0.1, 0.15) is 56.4 Å². The van der Waals surface area contributed by atoms with Crippen LogP contribution in [0.4, 0.5) is 0 Å². The molecular weight excluding hydrogens is 350 g/mol. The zero-order valence-corrected chi connectivity index (χ0v) is 16.8. The van der Waals surface area contributed by atoms with E-state index in [0.717, 1.165) is 30.5 Å². The van der Waals surface area contributed by atoms with Crippen LogP contribution < -0.4 is 5.32 Å². The third-order valence-corrected chi connectivity index (χ3v) is 6.20. The summed E-state index contributed by atoms with van der Waals surface area (Å²) in [4.78, 5) is 28.5. The Hall–Kier alpha value is -2.56. The predicted molar refractivity (Wildman–Crippen MR) is 110 cm³/mol. The van der Waals surface area contributed by atoms with Gasteiger partial charge in [0.25, 0.3) is 5.91 Å². The highest BCUT2D eigenvalue weighted by Gasteiger charge is 2.47. The van der Waals surface area contributed by atoms with Crippen LogP contribution in [0.3, 0.4) is 0 Å².